The molecule has 0 radical (unpaired) electrons. The molecule has 0 fully saturated rings. The average molecular weight is 287 g/mol. The number of rotatable bonds is 10. The number of nitrogens with one attached hydrogen (secondary N) is 1. The second-order valence-electron chi connectivity index (χ2n) is 4.72. The van der Waals surface area contributed by atoms with Gasteiger partial charge in [0.1, 0.15) is 12.6 Å². The van der Waals surface area contributed by atoms with Crippen LogP contribution in [-0.4, -0.2) is 47.0 Å². The van der Waals surface area contributed by atoms with Crippen LogP contribution in [0, 0.1) is 0 Å². The maximum absolute atomic E-state index is 12.0. The Morgan fingerprint density at radius 1 is 1.20 bits per heavy atom. The quantitative estimate of drug-likeness (QED) is 0.554. The van der Waals surface area contributed by atoms with Crippen molar-refractivity contribution in [3.05, 3.63) is 0 Å². The largest absolute Gasteiger partial charge is 0.480 e. The summed E-state index contributed by atoms with van der Waals surface area (Å²) in [4.78, 5) is 35.3. The second kappa shape index (κ2) is 10.1. The molecule has 0 spiro atoms. The highest BCUT2D eigenvalue weighted by Crippen LogP contribution is 2.03. The van der Waals surface area contributed by atoms with Crippen molar-refractivity contribution in [3.63, 3.8) is 0 Å². The molecule has 0 rings (SSSR count). The molecule has 0 aromatic rings. The van der Waals surface area contributed by atoms with Crippen LogP contribution in [0.4, 0.5) is 4.79 Å². The molecule has 7 heteroatoms. The summed E-state index contributed by atoms with van der Waals surface area (Å²) < 4.78 is 0. The van der Waals surface area contributed by atoms with Gasteiger partial charge in [-0.15, -0.1) is 0 Å². The maximum atomic E-state index is 12.0. The van der Waals surface area contributed by atoms with E-state index in [-0.39, 0.29) is 6.54 Å². The summed E-state index contributed by atoms with van der Waals surface area (Å²) in [6.07, 6.45) is 3.52. The van der Waals surface area contributed by atoms with Gasteiger partial charge < -0.3 is 21.1 Å². The Balaban J connectivity index is 4.59. The first-order valence-corrected chi connectivity index (χ1v) is 6.98. The summed E-state index contributed by atoms with van der Waals surface area (Å²) in [5, 5.41) is 11.5. The SMILES string of the molecule is CCCC[C@H](NC(=O)N(CCCC)CC(N)=O)C(=O)O. The molecule has 116 valence electrons. The summed E-state index contributed by atoms with van der Waals surface area (Å²) in [5.41, 5.74) is 5.10. The lowest BCUT2D eigenvalue weighted by Crippen LogP contribution is -2.50. The molecule has 0 aliphatic heterocycles. The topological polar surface area (TPSA) is 113 Å². The third kappa shape index (κ3) is 7.60. The van der Waals surface area contributed by atoms with Gasteiger partial charge in [0.05, 0.1) is 0 Å². The first-order chi connectivity index (χ1) is 9.42. The number of hydrogen-bond donors (Lipinski definition) is 3. The predicted molar refractivity (Wildman–Crippen MR) is 75.2 cm³/mol. The normalized spacial score (nSPS) is 11.7. The summed E-state index contributed by atoms with van der Waals surface area (Å²) in [6.45, 7) is 4.08. The predicted octanol–water partition coefficient (Wildman–Crippen LogP) is 0.927. The molecule has 4 N–H and O–H groups in total. The van der Waals surface area contributed by atoms with Crippen LogP contribution in [0.25, 0.3) is 0 Å². The fourth-order valence-corrected chi connectivity index (χ4v) is 1.70. The van der Waals surface area contributed by atoms with Gasteiger partial charge >= 0.3 is 12.0 Å². The van der Waals surface area contributed by atoms with Gasteiger partial charge in [-0.3, -0.25) is 4.79 Å². The Labute approximate surface area is 119 Å². The van der Waals surface area contributed by atoms with Crippen LogP contribution < -0.4 is 11.1 Å². The van der Waals surface area contributed by atoms with Crippen molar-refractivity contribution in [2.45, 2.75) is 52.0 Å². The summed E-state index contributed by atoms with van der Waals surface area (Å²) >= 11 is 0. The van der Waals surface area contributed by atoms with Gasteiger partial charge in [-0.2, -0.15) is 0 Å². The molecular formula is C13H25N3O4. The fourth-order valence-electron chi connectivity index (χ4n) is 1.70. The van der Waals surface area contributed by atoms with Crippen molar-refractivity contribution >= 4 is 17.9 Å². The van der Waals surface area contributed by atoms with Crippen LogP contribution in [0.15, 0.2) is 0 Å². The lowest BCUT2D eigenvalue weighted by atomic mass is 10.1. The van der Waals surface area contributed by atoms with E-state index >= 15 is 0 Å². The zero-order valence-corrected chi connectivity index (χ0v) is 12.2. The number of carbonyl (C=O) groups is 3. The minimum atomic E-state index is -1.07. The zero-order chi connectivity index (χ0) is 15.5. The molecular weight excluding hydrogens is 262 g/mol. The van der Waals surface area contributed by atoms with Crippen LogP contribution in [-0.2, 0) is 9.59 Å². The smallest absolute Gasteiger partial charge is 0.326 e. The summed E-state index contributed by atoms with van der Waals surface area (Å²) in [5.74, 6) is -1.68. The number of hydrogen-bond acceptors (Lipinski definition) is 3. The molecule has 20 heavy (non-hydrogen) atoms. The lowest BCUT2D eigenvalue weighted by Gasteiger charge is -2.24. The molecule has 1 atom stereocenters. The van der Waals surface area contributed by atoms with E-state index in [4.69, 9.17) is 10.8 Å². The highest BCUT2D eigenvalue weighted by Gasteiger charge is 2.23. The molecule has 0 aliphatic carbocycles. The van der Waals surface area contributed by atoms with E-state index in [1.807, 2.05) is 13.8 Å². The Bertz CT molecular complexity index is 334. The second-order valence-corrected chi connectivity index (χ2v) is 4.72. The van der Waals surface area contributed by atoms with Crippen LogP contribution in [0.3, 0.4) is 0 Å². The van der Waals surface area contributed by atoms with Crippen LogP contribution in [0.1, 0.15) is 46.0 Å². The molecule has 3 amide bonds. The zero-order valence-electron chi connectivity index (χ0n) is 12.2. The molecule has 0 heterocycles. The molecule has 0 bridgehead atoms. The van der Waals surface area contributed by atoms with Gasteiger partial charge in [0.2, 0.25) is 5.91 Å². The molecule has 0 aromatic carbocycles. The number of primary amides is 1. The number of carboxylic acids is 1. The highest BCUT2D eigenvalue weighted by atomic mass is 16.4. The molecule has 7 nitrogen and oxygen atoms in total. The summed E-state index contributed by atoms with van der Waals surface area (Å²) in [6, 6.07) is -1.49. The lowest BCUT2D eigenvalue weighted by molar-refractivity contribution is -0.139. The monoisotopic (exact) mass is 287 g/mol. The molecule has 0 aromatic heterocycles. The van der Waals surface area contributed by atoms with Crippen LogP contribution >= 0.6 is 0 Å². The van der Waals surface area contributed by atoms with Crippen molar-refractivity contribution in [1.29, 1.82) is 0 Å². The van der Waals surface area contributed by atoms with Crippen molar-refractivity contribution in [1.82, 2.24) is 10.2 Å². The minimum Gasteiger partial charge on any atom is -0.480 e. The van der Waals surface area contributed by atoms with Gasteiger partial charge in [0.25, 0.3) is 0 Å². The number of carbonyl (C=O) groups excluding carboxylic acids is 2. The van der Waals surface area contributed by atoms with E-state index in [0.29, 0.717) is 19.4 Å². The first kappa shape index (κ1) is 18.2. The standard InChI is InChI=1S/C13H25N3O4/c1-3-5-7-10(12(18)19)15-13(20)16(8-6-4-2)9-11(14)17/h10H,3-9H2,1-2H3,(H2,14,17)(H,15,20)(H,18,19)/t10-/m0/s1. The van der Waals surface area contributed by atoms with Crippen molar-refractivity contribution in [3.8, 4) is 0 Å². The van der Waals surface area contributed by atoms with E-state index < -0.39 is 23.9 Å². The van der Waals surface area contributed by atoms with Crippen molar-refractivity contribution in [2.75, 3.05) is 13.1 Å². The average Bonchev–Trinajstić information content (AvgIpc) is 2.38. The van der Waals surface area contributed by atoms with Gasteiger partial charge in [-0.1, -0.05) is 33.1 Å². The molecule has 0 saturated heterocycles. The van der Waals surface area contributed by atoms with Gasteiger partial charge in [-0.25, -0.2) is 9.59 Å². The molecule has 0 unspecified atom stereocenters. The van der Waals surface area contributed by atoms with E-state index in [2.05, 4.69) is 5.32 Å². The van der Waals surface area contributed by atoms with E-state index in [1.165, 1.54) is 4.90 Å². The van der Waals surface area contributed by atoms with E-state index in [9.17, 15) is 14.4 Å². The number of nitrogens with two attached hydrogens (primary N) is 1. The number of urea groups is 1. The van der Waals surface area contributed by atoms with Crippen LogP contribution in [0.2, 0.25) is 0 Å². The maximum Gasteiger partial charge on any atom is 0.326 e. The fraction of sp³-hybridized carbons (Fsp3) is 0.769. The third-order valence-corrected chi connectivity index (χ3v) is 2.86. The number of amides is 3. The van der Waals surface area contributed by atoms with Gasteiger partial charge in [0.15, 0.2) is 0 Å². The number of carboxylic acid groups (broad SMARTS) is 1. The van der Waals surface area contributed by atoms with E-state index in [1.54, 1.807) is 0 Å². The van der Waals surface area contributed by atoms with Crippen LogP contribution in [0.5, 0.6) is 0 Å². The molecule has 0 saturated carbocycles. The van der Waals surface area contributed by atoms with E-state index in [0.717, 1.165) is 19.3 Å². The number of nitrogens with zero attached hydrogens (tertiary/aromatic N) is 1. The Kier molecular flexibility index (Phi) is 9.15. The minimum absolute atomic E-state index is 0.202. The number of unbranched alkanes of at least 4 members (excludes halogenated alkanes) is 2. The van der Waals surface area contributed by atoms with Crippen molar-refractivity contribution < 1.29 is 19.5 Å². The number of aliphatic carboxylic acids is 1. The highest BCUT2D eigenvalue weighted by molar-refractivity contribution is 5.86. The Morgan fingerprint density at radius 2 is 1.80 bits per heavy atom. The summed E-state index contributed by atoms with van der Waals surface area (Å²) in [7, 11) is 0. The molecule has 0 aliphatic rings. The Morgan fingerprint density at radius 3 is 2.25 bits per heavy atom. The third-order valence-electron chi connectivity index (χ3n) is 2.86. The van der Waals surface area contributed by atoms with Crippen molar-refractivity contribution in [2.24, 2.45) is 5.73 Å². The Hall–Kier alpha value is -1.79. The van der Waals surface area contributed by atoms with Gasteiger partial charge in [-0.05, 0) is 12.8 Å². The van der Waals surface area contributed by atoms with Gasteiger partial charge in [0, 0.05) is 6.54 Å². The first-order valence-electron chi connectivity index (χ1n) is 6.98.